The third-order valence-corrected chi connectivity index (χ3v) is 5.26. The Bertz CT molecular complexity index is 591. The van der Waals surface area contributed by atoms with Crippen LogP contribution in [0.2, 0.25) is 0 Å². The monoisotopic (exact) mass is 302 g/mol. The summed E-state index contributed by atoms with van der Waals surface area (Å²) in [5, 5.41) is 4.83. The maximum atomic E-state index is 6.25. The van der Waals surface area contributed by atoms with Crippen molar-refractivity contribution in [3.63, 3.8) is 0 Å². The van der Waals surface area contributed by atoms with Crippen LogP contribution in [0.1, 0.15) is 37.7 Å². The van der Waals surface area contributed by atoms with Gasteiger partial charge in [-0.05, 0) is 42.0 Å². The number of aromatic nitrogens is 1. The fourth-order valence-electron chi connectivity index (χ4n) is 3.37. The third kappa shape index (κ3) is 3.56. The smallest absolute Gasteiger partial charge is 0.0702 e. The van der Waals surface area contributed by atoms with E-state index in [0.29, 0.717) is 5.41 Å². The lowest BCUT2D eigenvalue weighted by Gasteiger charge is -2.35. The van der Waals surface area contributed by atoms with Crippen LogP contribution in [0.25, 0.3) is 10.9 Å². The Balaban J connectivity index is 1.60. The van der Waals surface area contributed by atoms with Crippen molar-refractivity contribution in [2.24, 2.45) is 5.41 Å². The number of alkyl halides is 1. The molecule has 21 heavy (non-hydrogen) atoms. The Morgan fingerprint density at radius 2 is 2.00 bits per heavy atom. The van der Waals surface area contributed by atoms with Crippen molar-refractivity contribution in [3.8, 4) is 0 Å². The number of fused-ring (bicyclic) bond motifs is 1. The molecule has 1 aromatic heterocycles. The second kappa shape index (κ2) is 6.76. The molecule has 2 nitrogen and oxygen atoms in total. The maximum absolute atomic E-state index is 6.25. The van der Waals surface area contributed by atoms with Crippen LogP contribution >= 0.6 is 11.6 Å². The molecule has 1 aliphatic rings. The van der Waals surface area contributed by atoms with Crippen LogP contribution in [0.5, 0.6) is 0 Å². The molecular weight excluding hydrogens is 280 g/mol. The average molecular weight is 303 g/mol. The van der Waals surface area contributed by atoms with Gasteiger partial charge < -0.3 is 5.32 Å². The van der Waals surface area contributed by atoms with E-state index in [1.807, 2.05) is 12.3 Å². The van der Waals surface area contributed by atoms with Crippen LogP contribution in [0.15, 0.2) is 36.5 Å². The molecule has 0 spiro atoms. The Morgan fingerprint density at radius 3 is 2.81 bits per heavy atom. The summed E-state index contributed by atoms with van der Waals surface area (Å²) < 4.78 is 0. The normalized spacial score (nSPS) is 18.0. The van der Waals surface area contributed by atoms with Gasteiger partial charge in [0.1, 0.15) is 0 Å². The van der Waals surface area contributed by atoms with Gasteiger partial charge in [0.05, 0.1) is 5.52 Å². The molecule has 1 aromatic carbocycles. The predicted molar refractivity (Wildman–Crippen MR) is 89.7 cm³/mol. The maximum Gasteiger partial charge on any atom is 0.0702 e. The van der Waals surface area contributed by atoms with Crippen molar-refractivity contribution >= 4 is 22.5 Å². The SMILES string of the molecule is ClCC1(CNCc2ccc3ncccc3c2)CCCCC1. The van der Waals surface area contributed by atoms with Crippen LogP contribution in [0.3, 0.4) is 0 Å². The minimum atomic E-state index is 0.318. The van der Waals surface area contributed by atoms with Crippen LogP contribution in [-0.2, 0) is 6.54 Å². The molecule has 0 bridgehead atoms. The molecule has 3 heteroatoms. The summed E-state index contributed by atoms with van der Waals surface area (Å²) in [7, 11) is 0. The number of nitrogens with zero attached hydrogens (tertiary/aromatic N) is 1. The molecule has 0 atom stereocenters. The largest absolute Gasteiger partial charge is 0.312 e. The summed E-state index contributed by atoms with van der Waals surface area (Å²) in [5.41, 5.74) is 2.69. The quantitative estimate of drug-likeness (QED) is 0.822. The molecule has 0 saturated heterocycles. The van der Waals surface area contributed by atoms with E-state index in [2.05, 4.69) is 34.6 Å². The zero-order chi connectivity index (χ0) is 14.5. The predicted octanol–water partition coefficient (Wildman–Crippen LogP) is 4.51. The van der Waals surface area contributed by atoms with Gasteiger partial charge in [0.2, 0.25) is 0 Å². The molecule has 2 aromatic rings. The molecule has 0 amide bonds. The highest BCUT2D eigenvalue weighted by atomic mass is 35.5. The third-order valence-electron chi connectivity index (χ3n) is 4.69. The highest BCUT2D eigenvalue weighted by molar-refractivity contribution is 6.18. The number of hydrogen-bond acceptors (Lipinski definition) is 2. The molecule has 1 aliphatic carbocycles. The van der Waals surface area contributed by atoms with Gasteiger partial charge in [-0.1, -0.05) is 31.4 Å². The second-order valence-electron chi connectivity index (χ2n) is 6.33. The number of nitrogens with one attached hydrogen (secondary N) is 1. The summed E-state index contributed by atoms with van der Waals surface area (Å²) in [6.07, 6.45) is 8.41. The highest BCUT2D eigenvalue weighted by Crippen LogP contribution is 2.36. The van der Waals surface area contributed by atoms with Gasteiger partial charge in [-0.2, -0.15) is 0 Å². The van der Waals surface area contributed by atoms with Crippen molar-refractivity contribution in [2.75, 3.05) is 12.4 Å². The standard InChI is InChI=1S/C18H23ClN2/c19-13-18(8-2-1-3-9-18)14-20-12-15-6-7-17-16(11-15)5-4-10-21-17/h4-7,10-11,20H,1-3,8-9,12-14H2. The topological polar surface area (TPSA) is 24.9 Å². The second-order valence-corrected chi connectivity index (χ2v) is 6.60. The Kier molecular flexibility index (Phi) is 4.77. The lowest BCUT2D eigenvalue weighted by Crippen LogP contribution is -2.37. The highest BCUT2D eigenvalue weighted by Gasteiger charge is 2.30. The summed E-state index contributed by atoms with van der Waals surface area (Å²) in [6, 6.07) is 10.6. The van der Waals surface area contributed by atoms with Crippen LogP contribution < -0.4 is 5.32 Å². The molecule has 1 saturated carbocycles. The fraction of sp³-hybridized carbons (Fsp3) is 0.500. The first-order valence-electron chi connectivity index (χ1n) is 7.92. The lowest BCUT2D eigenvalue weighted by molar-refractivity contribution is 0.212. The minimum absolute atomic E-state index is 0.318. The molecule has 0 radical (unpaired) electrons. The van der Waals surface area contributed by atoms with E-state index in [-0.39, 0.29) is 0 Å². The Labute approximate surface area is 131 Å². The molecule has 1 fully saturated rings. The summed E-state index contributed by atoms with van der Waals surface area (Å²) in [6.45, 7) is 1.94. The molecule has 0 aliphatic heterocycles. The van der Waals surface area contributed by atoms with Crippen LogP contribution in [0.4, 0.5) is 0 Å². The number of hydrogen-bond donors (Lipinski definition) is 1. The molecule has 1 N–H and O–H groups in total. The van der Waals surface area contributed by atoms with E-state index in [9.17, 15) is 0 Å². The van der Waals surface area contributed by atoms with Crippen LogP contribution in [0, 0.1) is 5.41 Å². The molecule has 0 unspecified atom stereocenters. The number of pyridine rings is 1. The molecule has 3 rings (SSSR count). The molecular formula is C18H23ClN2. The summed E-state index contributed by atoms with van der Waals surface area (Å²) in [4.78, 5) is 4.36. The number of halogens is 1. The van der Waals surface area contributed by atoms with Gasteiger partial charge in [-0.3, -0.25) is 4.98 Å². The van der Waals surface area contributed by atoms with Gasteiger partial charge in [0.25, 0.3) is 0 Å². The number of benzene rings is 1. The van der Waals surface area contributed by atoms with Gasteiger partial charge in [0, 0.05) is 30.6 Å². The van der Waals surface area contributed by atoms with Gasteiger partial charge >= 0.3 is 0 Å². The van der Waals surface area contributed by atoms with Crippen molar-refractivity contribution in [1.29, 1.82) is 0 Å². The first kappa shape index (κ1) is 14.8. The summed E-state index contributed by atoms with van der Waals surface area (Å²) in [5.74, 6) is 0.779. The zero-order valence-corrected chi connectivity index (χ0v) is 13.2. The van der Waals surface area contributed by atoms with Crippen molar-refractivity contribution in [1.82, 2.24) is 10.3 Å². The minimum Gasteiger partial charge on any atom is -0.312 e. The fourth-order valence-corrected chi connectivity index (χ4v) is 3.73. The van der Waals surface area contributed by atoms with Gasteiger partial charge in [-0.25, -0.2) is 0 Å². The first-order valence-corrected chi connectivity index (χ1v) is 8.45. The molecule has 112 valence electrons. The summed E-state index contributed by atoms with van der Waals surface area (Å²) >= 11 is 6.25. The first-order chi connectivity index (χ1) is 10.3. The molecule has 1 heterocycles. The van der Waals surface area contributed by atoms with Gasteiger partial charge in [0.15, 0.2) is 0 Å². The van der Waals surface area contributed by atoms with Crippen LogP contribution in [-0.4, -0.2) is 17.4 Å². The van der Waals surface area contributed by atoms with Crippen molar-refractivity contribution in [2.45, 2.75) is 38.6 Å². The Hall–Kier alpha value is -1.12. The van der Waals surface area contributed by atoms with Crippen molar-refractivity contribution < 1.29 is 0 Å². The number of rotatable bonds is 5. The van der Waals surface area contributed by atoms with E-state index in [1.54, 1.807) is 0 Å². The van der Waals surface area contributed by atoms with Crippen molar-refractivity contribution in [3.05, 3.63) is 42.1 Å². The van der Waals surface area contributed by atoms with E-state index >= 15 is 0 Å². The lowest BCUT2D eigenvalue weighted by atomic mass is 9.75. The van der Waals surface area contributed by atoms with E-state index in [4.69, 9.17) is 11.6 Å². The average Bonchev–Trinajstić information content (AvgIpc) is 2.55. The van der Waals surface area contributed by atoms with Gasteiger partial charge in [-0.15, -0.1) is 11.6 Å². The van der Waals surface area contributed by atoms with E-state index in [0.717, 1.165) is 24.5 Å². The zero-order valence-electron chi connectivity index (χ0n) is 12.4. The van der Waals surface area contributed by atoms with E-state index in [1.165, 1.54) is 43.1 Å². The Morgan fingerprint density at radius 1 is 1.14 bits per heavy atom. The van der Waals surface area contributed by atoms with E-state index < -0.39 is 0 Å².